The van der Waals surface area contributed by atoms with E-state index in [1.807, 2.05) is 0 Å². The van der Waals surface area contributed by atoms with E-state index in [2.05, 4.69) is 5.32 Å². The van der Waals surface area contributed by atoms with E-state index < -0.39 is 33.6 Å². The Hall–Kier alpha value is -2.03. The lowest BCUT2D eigenvalue weighted by Gasteiger charge is -2.38. The van der Waals surface area contributed by atoms with E-state index in [0.717, 1.165) is 43.3 Å². The van der Waals surface area contributed by atoms with Crippen LogP contribution in [0.15, 0.2) is 23.1 Å². The van der Waals surface area contributed by atoms with E-state index in [-0.39, 0.29) is 28.6 Å². The quantitative estimate of drug-likeness (QED) is 0.733. The van der Waals surface area contributed by atoms with Crippen LogP contribution in [-0.2, 0) is 14.6 Å². The predicted molar refractivity (Wildman–Crippen MR) is 105 cm³/mol. The Bertz CT molecular complexity index is 1030. The number of alkyl halides is 2. The molecule has 1 N–H and O–H groups in total. The second kappa shape index (κ2) is 6.48. The van der Waals surface area contributed by atoms with Crippen LogP contribution >= 0.6 is 0 Å². The van der Waals surface area contributed by atoms with E-state index in [1.165, 1.54) is 18.2 Å². The first-order valence-electron chi connectivity index (χ1n) is 10.3. The number of anilines is 1. The Balaban J connectivity index is 1.48. The van der Waals surface area contributed by atoms with Gasteiger partial charge in [0.25, 0.3) is 5.91 Å². The Kier molecular flexibility index (Phi) is 4.30. The highest BCUT2D eigenvalue weighted by atomic mass is 32.2. The van der Waals surface area contributed by atoms with E-state index in [0.29, 0.717) is 17.8 Å². The zero-order valence-corrected chi connectivity index (χ0v) is 17.4. The maximum absolute atomic E-state index is 13.8. The van der Waals surface area contributed by atoms with E-state index in [9.17, 15) is 26.8 Å². The van der Waals surface area contributed by atoms with Gasteiger partial charge in [-0.3, -0.25) is 9.59 Å². The van der Waals surface area contributed by atoms with Gasteiger partial charge in [-0.15, -0.1) is 0 Å². The van der Waals surface area contributed by atoms with Crippen LogP contribution in [0.3, 0.4) is 0 Å². The summed E-state index contributed by atoms with van der Waals surface area (Å²) >= 11 is 0. The minimum Gasteiger partial charge on any atom is -0.325 e. The third kappa shape index (κ3) is 2.88. The Labute approximate surface area is 173 Å². The first-order valence-corrected chi connectivity index (χ1v) is 12.2. The summed E-state index contributed by atoms with van der Waals surface area (Å²) in [6.45, 7) is -0.364. The molecule has 162 valence electrons. The lowest BCUT2D eigenvalue weighted by molar-refractivity contribution is -0.127. The standard InChI is InChI=1S/C21H24F2N2O4S/c1-30(28,29)14-2-3-15(19(26)25-10-16(22)18(25)23)17(7-14)24-20(27)21-8-11-4-12(9-21)6-13(21)5-11/h2-3,7,11-13,16,18H,4-6,8-10H2,1H3,(H,24,27). The molecule has 4 saturated carbocycles. The number of amides is 2. The molecular formula is C21H24F2N2O4S. The SMILES string of the molecule is CS(=O)(=O)c1ccc(C(=O)N2CC(F)C2F)c(NC(=O)C23CC4CC(CC2C4)C3)c1. The number of carbonyl (C=O) groups excluding carboxylic acids is 2. The number of halogens is 2. The number of rotatable bonds is 4. The van der Waals surface area contributed by atoms with Crippen LogP contribution in [-0.4, -0.2) is 50.4 Å². The van der Waals surface area contributed by atoms with Gasteiger partial charge in [0, 0.05) is 6.26 Å². The molecule has 4 atom stereocenters. The van der Waals surface area contributed by atoms with Crippen molar-refractivity contribution in [2.45, 2.75) is 49.5 Å². The molecule has 5 fully saturated rings. The van der Waals surface area contributed by atoms with Crippen molar-refractivity contribution in [2.24, 2.45) is 23.2 Å². The fourth-order valence-corrected chi connectivity index (χ4v) is 6.89. The summed E-state index contributed by atoms with van der Waals surface area (Å²) in [6.07, 6.45) is 2.14. The molecule has 9 heteroatoms. The van der Waals surface area contributed by atoms with Crippen molar-refractivity contribution in [1.29, 1.82) is 0 Å². The first kappa shape index (κ1) is 19.9. The normalized spacial score (nSPS) is 36.6. The van der Waals surface area contributed by atoms with Crippen molar-refractivity contribution < 1.29 is 26.8 Å². The molecule has 4 aliphatic carbocycles. The van der Waals surface area contributed by atoms with Gasteiger partial charge in [0.2, 0.25) is 12.2 Å². The van der Waals surface area contributed by atoms with Crippen molar-refractivity contribution >= 4 is 27.3 Å². The lowest BCUT2D eigenvalue weighted by atomic mass is 9.75. The van der Waals surface area contributed by atoms with Crippen molar-refractivity contribution in [2.75, 3.05) is 18.1 Å². The van der Waals surface area contributed by atoms with Crippen LogP contribution in [0.5, 0.6) is 0 Å². The molecule has 4 bridgehead atoms. The van der Waals surface area contributed by atoms with Crippen molar-refractivity contribution in [1.82, 2.24) is 4.90 Å². The van der Waals surface area contributed by atoms with Crippen LogP contribution < -0.4 is 5.32 Å². The number of likely N-dealkylation sites (tertiary alicyclic amines) is 1. The Morgan fingerprint density at radius 1 is 1.13 bits per heavy atom. The molecule has 0 aromatic heterocycles. The molecule has 1 aliphatic heterocycles. The smallest absolute Gasteiger partial charge is 0.258 e. The third-order valence-corrected chi connectivity index (χ3v) is 8.68. The van der Waals surface area contributed by atoms with Crippen molar-refractivity contribution in [3.63, 3.8) is 0 Å². The van der Waals surface area contributed by atoms with Gasteiger partial charge in [-0.1, -0.05) is 0 Å². The second-order valence-corrected chi connectivity index (χ2v) is 11.5. The summed E-state index contributed by atoms with van der Waals surface area (Å²) in [4.78, 5) is 26.8. The highest BCUT2D eigenvalue weighted by Gasteiger charge is 2.61. The molecular weight excluding hydrogens is 414 g/mol. The van der Waals surface area contributed by atoms with Gasteiger partial charge in [0.1, 0.15) is 0 Å². The minimum absolute atomic E-state index is 0.0283. The monoisotopic (exact) mass is 438 g/mol. The number of hydrogen-bond donors (Lipinski definition) is 1. The topological polar surface area (TPSA) is 83.6 Å². The van der Waals surface area contributed by atoms with Gasteiger partial charge in [-0.2, -0.15) is 0 Å². The Morgan fingerprint density at radius 2 is 1.80 bits per heavy atom. The molecule has 1 saturated heterocycles. The molecule has 2 amide bonds. The maximum Gasteiger partial charge on any atom is 0.258 e. The van der Waals surface area contributed by atoms with Crippen molar-refractivity contribution in [3.8, 4) is 0 Å². The molecule has 30 heavy (non-hydrogen) atoms. The van der Waals surface area contributed by atoms with Crippen molar-refractivity contribution in [3.05, 3.63) is 23.8 Å². The van der Waals surface area contributed by atoms with Gasteiger partial charge >= 0.3 is 0 Å². The molecule has 6 nitrogen and oxygen atoms in total. The number of hydrogen-bond acceptors (Lipinski definition) is 4. The fourth-order valence-electron chi connectivity index (χ4n) is 6.24. The molecule has 4 unspecified atom stereocenters. The highest BCUT2D eigenvalue weighted by Crippen LogP contribution is 2.65. The van der Waals surface area contributed by atoms with Gasteiger partial charge < -0.3 is 10.2 Å². The number of nitrogens with one attached hydrogen (secondary N) is 1. The third-order valence-electron chi connectivity index (χ3n) is 7.57. The summed E-state index contributed by atoms with van der Waals surface area (Å²) < 4.78 is 51.1. The van der Waals surface area contributed by atoms with E-state index in [4.69, 9.17) is 0 Å². The summed E-state index contributed by atoms with van der Waals surface area (Å²) in [7, 11) is -3.59. The fraction of sp³-hybridized carbons (Fsp3) is 0.619. The zero-order valence-electron chi connectivity index (χ0n) is 16.6. The van der Waals surface area contributed by atoms with Gasteiger partial charge in [0.15, 0.2) is 16.0 Å². The van der Waals surface area contributed by atoms with Gasteiger partial charge in [-0.05, 0) is 68.1 Å². The number of sulfone groups is 1. The van der Waals surface area contributed by atoms with Crippen LogP contribution in [0, 0.1) is 23.2 Å². The predicted octanol–water partition coefficient (Wildman–Crippen LogP) is 2.94. The van der Waals surface area contributed by atoms with E-state index in [1.54, 1.807) is 0 Å². The molecule has 5 aliphatic rings. The first-order chi connectivity index (χ1) is 14.1. The Morgan fingerprint density at radius 3 is 2.37 bits per heavy atom. The summed E-state index contributed by atoms with van der Waals surface area (Å²) in [5.41, 5.74) is -0.458. The number of carbonyl (C=O) groups is 2. The molecule has 6 rings (SSSR count). The molecule has 0 radical (unpaired) electrons. The zero-order chi connectivity index (χ0) is 21.4. The van der Waals surface area contributed by atoms with Crippen LogP contribution in [0.1, 0.15) is 42.5 Å². The average molecular weight is 438 g/mol. The van der Waals surface area contributed by atoms with Gasteiger partial charge in [0.05, 0.1) is 28.1 Å². The van der Waals surface area contributed by atoms with Crippen LogP contribution in [0.25, 0.3) is 0 Å². The minimum atomic E-state index is -3.59. The van der Waals surface area contributed by atoms with E-state index >= 15 is 0 Å². The van der Waals surface area contributed by atoms with Crippen LogP contribution in [0.4, 0.5) is 14.5 Å². The number of nitrogens with zero attached hydrogens (tertiary/aromatic N) is 1. The molecule has 1 heterocycles. The average Bonchev–Trinajstić information content (AvgIpc) is 3.09. The summed E-state index contributed by atoms with van der Waals surface area (Å²) in [5.74, 6) is 0.455. The number of benzene rings is 1. The highest BCUT2D eigenvalue weighted by molar-refractivity contribution is 7.90. The molecule has 1 aromatic rings. The van der Waals surface area contributed by atoms with Gasteiger partial charge in [-0.25, -0.2) is 17.2 Å². The largest absolute Gasteiger partial charge is 0.325 e. The maximum atomic E-state index is 13.8. The summed E-state index contributed by atoms with van der Waals surface area (Å²) in [5, 5.41) is 2.81. The van der Waals surface area contributed by atoms with Crippen LogP contribution in [0.2, 0.25) is 0 Å². The molecule has 0 spiro atoms. The summed E-state index contributed by atoms with van der Waals surface area (Å²) in [6, 6.07) is 3.76. The second-order valence-electron chi connectivity index (χ2n) is 9.48. The lowest BCUT2D eigenvalue weighted by Crippen LogP contribution is -2.58. The molecule has 1 aromatic carbocycles.